The lowest BCUT2D eigenvalue weighted by atomic mass is 10.5. The van der Waals surface area contributed by atoms with Gasteiger partial charge in [-0.2, -0.15) is 10.4 Å². The molecule has 0 aliphatic carbocycles. The number of aromatic nitrogens is 2. The number of carbonyl (C=O) groups excluding carboxylic acids is 1. The van der Waals surface area contributed by atoms with Gasteiger partial charge in [0.1, 0.15) is 0 Å². The van der Waals surface area contributed by atoms with Crippen molar-refractivity contribution < 1.29 is 4.79 Å². The van der Waals surface area contributed by atoms with Crippen LogP contribution < -0.4 is 5.32 Å². The van der Waals surface area contributed by atoms with E-state index in [2.05, 4.69) is 15.5 Å². The first-order chi connectivity index (χ1) is 6.33. The fourth-order valence-corrected chi connectivity index (χ4v) is 1.16. The minimum atomic E-state index is -0.123. The third-order valence-electron chi connectivity index (χ3n) is 1.18. The minimum Gasteiger partial charge on any atom is -0.323 e. The lowest BCUT2D eigenvalue weighted by Crippen LogP contribution is -2.13. The minimum absolute atomic E-state index is 0.123. The summed E-state index contributed by atoms with van der Waals surface area (Å²) in [6.45, 7) is 0. The summed E-state index contributed by atoms with van der Waals surface area (Å²) < 4.78 is 0. The van der Waals surface area contributed by atoms with Gasteiger partial charge in [0.15, 0.2) is 0 Å². The molecule has 1 aromatic rings. The molecule has 1 aromatic heterocycles. The summed E-state index contributed by atoms with van der Waals surface area (Å²) in [7, 11) is 0. The van der Waals surface area contributed by atoms with E-state index in [1.165, 1.54) is 18.0 Å². The summed E-state index contributed by atoms with van der Waals surface area (Å²) in [6, 6.07) is 1.95. The molecule has 0 unspecified atom stereocenters. The summed E-state index contributed by atoms with van der Waals surface area (Å²) in [5.74, 6) is 0.499. The summed E-state index contributed by atoms with van der Waals surface area (Å²) in [6.07, 6.45) is 3.11. The summed E-state index contributed by atoms with van der Waals surface area (Å²) in [5.41, 5.74) is 0.641. The standard InChI is InChI=1S/C7H8N4OS/c8-1-2-13-5-7(12)11-6-3-9-10-4-6/h3-4H,2,5H2,(H,9,10)(H,11,12). The summed E-state index contributed by atoms with van der Waals surface area (Å²) in [5, 5.41) is 17.1. The Hall–Kier alpha value is -1.48. The van der Waals surface area contributed by atoms with Gasteiger partial charge < -0.3 is 5.32 Å². The van der Waals surface area contributed by atoms with Crippen LogP contribution in [0.15, 0.2) is 12.4 Å². The Bertz CT molecular complexity index is 303. The van der Waals surface area contributed by atoms with Gasteiger partial charge in [-0.15, -0.1) is 11.8 Å². The van der Waals surface area contributed by atoms with Crippen molar-refractivity contribution >= 4 is 23.4 Å². The largest absolute Gasteiger partial charge is 0.323 e. The van der Waals surface area contributed by atoms with Crippen molar-refractivity contribution in [2.45, 2.75) is 0 Å². The highest BCUT2D eigenvalue weighted by atomic mass is 32.2. The van der Waals surface area contributed by atoms with Gasteiger partial charge in [-0.05, 0) is 0 Å². The van der Waals surface area contributed by atoms with Crippen molar-refractivity contribution in [3.8, 4) is 6.07 Å². The SMILES string of the molecule is N#CCSCC(=O)Nc1cn[nH]c1. The number of nitriles is 1. The van der Waals surface area contributed by atoms with Crippen LogP contribution in [0.25, 0.3) is 0 Å². The zero-order valence-corrected chi connectivity index (χ0v) is 7.60. The van der Waals surface area contributed by atoms with Crippen molar-refractivity contribution in [2.24, 2.45) is 0 Å². The van der Waals surface area contributed by atoms with Gasteiger partial charge in [-0.25, -0.2) is 0 Å². The fraction of sp³-hybridized carbons (Fsp3) is 0.286. The van der Waals surface area contributed by atoms with Crippen LogP contribution >= 0.6 is 11.8 Å². The van der Waals surface area contributed by atoms with Gasteiger partial charge in [0.25, 0.3) is 0 Å². The number of hydrogen-bond donors (Lipinski definition) is 2. The van der Waals surface area contributed by atoms with Gasteiger partial charge in [0.2, 0.25) is 5.91 Å². The quantitative estimate of drug-likeness (QED) is 0.691. The number of aromatic amines is 1. The van der Waals surface area contributed by atoms with E-state index < -0.39 is 0 Å². The van der Waals surface area contributed by atoms with E-state index in [-0.39, 0.29) is 5.91 Å². The molecule has 0 saturated carbocycles. The highest BCUT2D eigenvalue weighted by molar-refractivity contribution is 8.00. The Balaban J connectivity index is 2.23. The topological polar surface area (TPSA) is 81.6 Å². The van der Waals surface area contributed by atoms with Crippen LogP contribution in [0.3, 0.4) is 0 Å². The predicted molar refractivity (Wildman–Crippen MR) is 50.2 cm³/mol. The third kappa shape index (κ3) is 3.62. The lowest BCUT2D eigenvalue weighted by Gasteiger charge is -1.98. The van der Waals surface area contributed by atoms with Crippen LogP contribution in [0.1, 0.15) is 0 Å². The van der Waals surface area contributed by atoms with E-state index >= 15 is 0 Å². The zero-order chi connectivity index (χ0) is 9.52. The molecule has 0 atom stereocenters. The molecule has 1 amide bonds. The van der Waals surface area contributed by atoms with Crippen LogP contribution in [0, 0.1) is 11.3 Å². The molecular formula is C7H8N4OS. The average Bonchev–Trinajstić information content (AvgIpc) is 2.57. The molecule has 1 heterocycles. The third-order valence-corrected chi connectivity index (χ3v) is 1.98. The number of amides is 1. The number of H-pyrrole nitrogens is 1. The molecule has 0 fully saturated rings. The highest BCUT2D eigenvalue weighted by Gasteiger charge is 2.01. The van der Waals surface area contributed by atoms with Crippen LogP contribution in [0.4, 0.5) is 5.69 Å². The number of carbonyl (C=O) groups is 1. The maximum absolute atomic E-state index is 11.1. The molecule has 0 aliphatic rings. The second kappa shape index (κ2) is 5.22. The number of hydrogen-bond acceptors (Lipinski definition) is 4. The first-order valence-corrected chi connectivity index (χ1v) is 4.71. The monoisotopic (exact) mass is 196 g/mol. The van der Waals surface area contributed by atoms with Gasteiger partial charge in [-0.1, -0.05) is 0 Å². The normalized spacial score (nSPS) is 9.15. The van der Waals surface area contributed by atoms with Crippen LogP contribution in [0.5, 0.6) is 0 Å². The molecule has 2 N–H and O–H groups in total. The van der Waals surface area contributed by atoms with Crippen molar-refractivity contribution in [3.05, 3.63) is 12.4 Å². The Morgan fingerprint density at radius 1 is 1.85 bits per heavy atom. The molecule has 0 saturated heterocycles. The number of nitrogens with zero attached hydrogens (tertiary/aromatic N) is 2. The van der Waals surface area contributed by atoms with Crippen LogP contribution in [-0.2, 0) is 4.79 Å². The number of thioether (sulfide) groups is 1. The Kier molecular flexibility index (Phi) is 3.85. The Morgan fingerprint density at radius 2 is 2.69 bits per heavy atom. The summed E-state index contributed by atoms with van der Waals surface area (Å²) in [4.78, 5) is 11.1. The van der Waals surface area contributed by atoms with Crippen molar-refractivity contribution in [2.75, 3.05) is 16.8 Å². The molecular weight excluding hydrogens is 188 g/mol. The van der Waals surface area contributed by atoms with Crippen LogP contribution in [0.2, 0.25) is 0 Å². The maximum Gasteiger partial charge on any atom is 0.234 e. The number of rotatable bonds is 4. The van der Waals surface area contributed by atoms with E-state index in [4.69, 9.17) is 5.26 Å². The highest BCUT2D eigenvalue weighted by Crippen LogP contribution is 2.03. The molecule has 5 nitrogen and oxygen atoms in total. The first-order valence-electron chi connectivity index (χ1n) is 3.56. The molecule has 13 heavy (non-hydrogen) atoms. The van der Waals surface area contributed by atoms with E-state index in [0.29, 0.717) is 17.2 Å². The first kappa shape index (κ1) is 9.61. The van der Waals surface area contributed by atoms with E-state index in [0.717, 1.165) is 0 Å². The molecule has 0 bridgehead atoms. The Morgan fingerprint density at radius 3 is 3.31 bits per heavy atom. The summed E-state index contributed by atoms with van der Waals surface area (Å²) >= 11 is 1.28. The average molecular weight is 196 g/mol. The zero-order valence-electron chi connectivity index (χ0n) is 6.78. The smallest absolute Gasteiger partial charge is 0.234 e. The van der Waals surface area contributed by atoms with E-state index in [9.17, 15) is 4.79 Å². The van der Waals surface area contributed by atoms with Crippen LogP contribution in [-0.4, -0.2) is 27.6 Å². The maximum atomic E-state index is 11.1. The number of anilines is 1. The number of nitrogens with one attached hydrogen (secondary N) is 2. The predicted octanol–water partition coefficient (Wildman–Crippen LogP) is 0.605. The molecule has 1 rings (SSSR count). The molecule has 68 valence electrons. The molecule has 0 aliphatic heterocycles. The van der Waals surface area contributed by atoms with Crippen molar-refractivity contribution in [1.29, 1.82) is 5.26 Å². The Labute approximate surface area is 79.5 Å². The second-order valence-electron chi connectivity index (χ2n) is 2.19. The molecule has 0 aromatic carbocycles. The van der Waals surface area contributed by atoms with Gasteiger partial charge in [0, 0.05) is 6.20 Å². The van der Waals surface area contributed by atoms with E-state index in [1.54, 1.807) is 6.20 Å². The fourth-order valence-electron chi connectivity index (χ4n) is 0.706. The molecule has 0 spiro atoms. The van der Waals surface area contributed by atoms with Gasteiger partial charge in [-0.3, -0.25) is 9.89 Å². The van der Waals surface area contributed by atoms with Crippen molar-refractivity contribution in [1.82, 2.24) is 10.2 Å². The second-order valence-corrected chi connectivity index (χ2v) is 3.17. The molecule has 6 heteroatoms. The molecule has 0 radical (unpaired) electrons. The lowest BCUT2D eigenvalue weighted by molar-refractivity contribution is -0.113. The van der Waals surface area contributed by atoms with Gasteiger partial charge in [0.05, 0.1) is 29.5 Å². The van der Waals surface area contributed by atoms with E-state index in [1.807, 2.05) is 6.07 Å². The van der Waals surface area contributed by atoms with Gasteiger partial charge >= 0.3 is 0 Å². The van der Waals surface area contributed by atoms with Crippen molar-refractivity contribution in [3.63, 3.8) is 0 Å².